The number of carbonyl (C=O) groups excluding carboxylic acids is 2. The normalized spacial score (nSPS) is 22.2. The van der Waals surface area contributed by atoms with Crippen molar-refractivity contribution in [3.05, 3.63) is 35.4 Å². The summed E-state index contributed by atoms with van der Waals surface area (Å²) in [7, 11) is 0. The molecule has 1 aliphatic rings. The van der Waals surface area contributed by atoms with Crippen LogP contribution >= 0.6 is 0 Å². The fraction of sp³-hybridized carbons (Fsp3) is 0.556. The van der Waals surface area contributed by atoms with Gasteiger partial charge < -0.3 is 16.4 Å². The van der Waals surface area contributed by atoms with E-state index in [1.807, 2.05) is 31.2 Å². The minimum Gasteiger partial charge on any atom is -0.353 e. The molecule has 0 heterocycles. The maximum absolute atomic E-state index is 12.4. The second kappa shape index (κ2) is 7.99. The summed E-state index contributed by atoms with van der Waals surface area (Å²) in [5, 5.41) is 5.79. The molecule has 0 bridgehead atoms. The van der Waals surface area contributed by atoms with Crippen LogP contribution in [-0.2, 0) is 4.79 Å². The smallest absolute Gasteiger partial charge is 0.312 e. The number of rotatable bonds is 5. The lowest BCUT2D eigenvalue weighted by molar-refractivity contribution is -0.122. The van der Waals surface area contributed by atoms with Crippen LogP contribution in [0, 0.1) is 12.8 Å². The van der Waals surface area contributed by atoms with Crippen LogP contribution < -0.4 is 16.4 Å². The number of urea groups is 1. The van der Waals surface area contributed by atoms with Crippen molar-refractivity contribution in [1.82, 2.24) is 10.6 Å². The van der Waals surface area contributed by atoms with E-state index in [9.17, 15) is 9.59 Å². The molecule has 0 radical (unpaired) electrons. The number of hydrogen-bond acceptors (Lipinski definition) is 2. The molecule has 1 unspecified atom stereocenters. The largest absolute Gasteiger partial charge is 0.353 e. The third-order valence-corrected chi connectivity index (χ3v) is 4.65. The Morgan fingerprint density at radius 1 is 1.22 bits per heavy atom. The second-order valence-electron chi connectivity index (χ2n) is 6.65. The summed E-state index contributed by atoms with van der Waals surface area (Å²) < 4.78 is 0. The number of aryl methyl sites for hydroxylation is 1. The predicted molar refractivity (Wildman–Crippen MR) is 90.8 cm³/mol. The Hall–Kier alpha value is -2.04. The van der Waals surface area contributed by atoms with E-state index in [0.29, 0.717) is 0 Å². The van der Waals surface area contributed by atoms with Crippen molar-refractivity contribution < 1.29 is 9.59 Å². The van der Waals surface area contributed by atoms with E-state index in [2.05, 4.69) is 17.6 Å². The maximum Gasteiger partial charge on any atom is 0.312 e. The summed E-state index contributed by atoms with van der Waals surface area (Å²) in [5.41, 5.74) is 7.24. The van der Waals surface area contributed by atoms with Gasteiger partial charge in [0, 0.05) is 6.04 Å². The molecule has 1 aromatic rings. The Kier molecular flexibility index (Phi) is 6.02. The van der Waals surface area contributed by atoms with Crippen LogP contribution in [-0.4, -0.2) is 18.0 Å². The Balaban J connectivity index is 1.98. The standard InChI is InChI=1S/C18H27N3O2/c1-12-7-9-14(10-8-12)20-17(22)11-16(21-18(19)23)15-6-4-3-5-13(15)2/h3-6,12,14,16H,7-11H2,1-2H3,(H,20,22)(H3,19,21,23). The summed E-state index contributed by atoms with van der Waals surface area (Å²) in [5.74, 6) is 0.714. The molecule has 1 aliphatic carbocycles. The molecule has 0 saturated heterocycles. The summed E-state index contributed by atoms with van der Waals surface area (Å²) in [6, 6.07) is 6.97. The third kappa shape index (κ3) is 5.27. The Labute approximate surface area is 138 Å². The molecule has 1 fully saturated rings. The molecule has 0 spiro atoms. The first-order valence-corrected chi connectivity index (χ1v) is 8.36. The van der Waals surface area contributed by atoms with Gasteiger partial charge in [-0.1, -0.05) is 31.2 Å². The molecule has 1 saturated carbocycles. The maximum atomic E-state index is 12.4. The van der Waals surface area contributed by atoms with Crippen molar-refractivity contribution in [2.24, 2.45) is 11.7 Å². The van der Waals surface area contributed by atoms with Gasteiger partial charge in [0.1, 0.15) is 0 Å². The van der Waals surface area contributed by atoms with Crippen LogP contribution in [0.15, 0.2) is 24.3 Å². The van der Waals surface area contributed by atoms with Gasteiger partial charge in [0.05, 0.1) is 12.5 Å². The zero-order valence-electron chi connectivity index (χ0n) is 14.0. The average Bonchev–Trinajstić information content (AvgIpc) is 2.49. The lowest BCUT2D eigenvalue weighted by Gasteiger charge is -2.28. The topological polar surface area (TPSA) is 84.2 Å². The van der Waals surface area contributed by atoms with Gasteiger partial charge in [-0.2, -0.15) is 0 Å². The highest BCUT2D eigenvalue weighted by Crippen LogP contribution is 2.24. The van der Waals surface area contributed by atoms with Crippen LogP contribution in [0.4, 0.5) is 4.79 Å². The highest BCUT2D eigenvalue weighted by atomic mass is 16.2. The second-order valence-corrected chi connectivity index (χ2v) is 6.65. The molecule has 5 nitrogen and oxygen atoms in total. The number of benzene rings is 1. The molecule has 1 atom stereocenters. The molecule has 4 N–H and O–H groups in total. The first kappa shape index (κ1) is 17.3. The van der Waals surface area contributed by atoms with E-state index in [1.54, 1.807) is 0 Å². The van der Waals surface area contributed by atoms with Crippen molar-refractivity contribution in [3.63, 3.8) is 0 Å². The number of carbonyl (C=O) groups is 2. The fourth-order valence-corrected chi connectivity index (χ4v) is 3.26. The monoisotopic (exact) mass is 317 g/mol. The number of hydrogen-bond donors (Lipinski definition) is 3. The average molecular weight is 317 g/mol. The van der Waals surface area contributed by atoms with Gasteiger partial charge in [0.15, 0.2) is 0 Å². The van der Waals surface area contributed by atoms with E-state index in [-0.39, 0.29) is 18.4 Å². The van der Waals surface area contributed by atoms with Crippen molar-refractivity contribution in [1.29, 1.82) is 0 Å². The number of nitrogens with two attached hydrogens (primary N) is 1. The van der Waals surface area contributed by atoms with E-state index < -0.39 is 12.1 Å². The fourth-order valence-electron chi connectivity index (χ4n) is 3.26. The van der Waals surface area contributed by atoms with Gasteiger partial charge in [0.2, 0.25) is 5.91 Å². The van der Waals surface area contributed by atoms with Crippen LogP contribution in [0.1, 0.15) is 56.2 Å². The van der Waals surface area contributed by atoms with Crippen molar-refractivity contribution in [2.75, 3.05) is 0 Å². The molecule has 0 aliphatic heterocycles. The third-order valence-electron chi connectivity index (χ3n) is 4.65. The first-order chi connectivity index (χ1) is 11.0. The Morgan fingerprint density at radius 3 is 2.48 bits per heavy atom. The van der Waals surface area contributed by atoms with E-state index in [4.69, 9.17) is 5.73 Å². The van der Waals surface area contributed by atoms with Crippen LogP contribution in [0.3, 0.4) is 0 Å². The number of primary amides is 1. The molecule has 1 aromatic carbocycles. The Bertz CT molecular complexity index is 551. The molecule has 23 heavy (non-hydrogen) atoms. The Morgan fingerprint density at radius 2 is 1.87 bits per heavy atom. The molecule has 0 aromatic heterocycles. The lowest BCUT2D eigenvalue weighted by Crippen LogP contribution is -2.41. The summed E-state index contributed by atoms with van der Waals surface area (Å²) in [6.07, 6.45) is 4.59. The van der Waals surface area contributed by atoms with Gasteiger partial charge in [-0.15, -0.1) is 0 Å². The van der Waals surface area contributed by atoms with Gasteiger partial charge >= 0.3 is 6.03 Å². The predicted octanol–water partition coefficient (Wildman–Crippen LogP) is 2.79. The number of nitrogens with one attached hydrogen (secondary N) is 2. The summed E-state index contributed by atoms with van der Waals surface area (Å²) in [4.78, 5) is 23.6. The zero-order valence-corrected chi connectivity index (χ0v) is 14.0. The van der Waals surface area contributed by atoms with Crippen molar-refractivity contribution >= 4 is 11.9 Å². The van der Waals surface area contributed by atoms with Gasteiger partial charge in [-0.3, -0.25) is 4.79 Å². The van der Waals surface area contributed by atoms with E-state index in [1.165, 1.54) is 0 Å². The molecule has 126 valence electrons. The van der Waals surface area contributed by atoms with Crippen molar-refractivity contribution in [2.45, 2.75) is 58.0 Å². The van der Waals surface area contributed by atoms with Crippen molar-refractivity contribution in [3.8, 4) is 0 Å². The van der Waals surface area contributed by atoms with Gasteiger partial charge in [0.25, 0.3) is 0 Å². The SMILES string of the molecule is Cc1ccccc1C(CC(=O)NC1CCC(C)CC1)NC(N)=O. The summed E-state index contributed by atoms with van der Waals surface area (Å²) >= 11 is 0. The quantitative estimate of drug-likeness (QED) is 0.780. The first-order valence-electron chi connectivity index (χ1n) is 8.36. The molecular formula is C18H27N3O2. The van der Waals surface area contributed by atoms with Gasteiger partial charge in [-0.05, 0) is 49.7 Å². The molecule has 5 heteroatoms. The summed E-state index contributed by atoms with van der Waals surface area (Å²) in [6.45, 7) is 4.22. The van der Waals surface area contributed by atoms with E-state index >= 15 is 0 Å². The van der Waals surface area contributed by atoms with Crippen LogP contribution in [0.2, 0.25) is 0 Å². The molecule has 2 rings (SSSR count). The van der Waals surface area contributed by atoms with E-state index in [0.717, 1.165) is 42.7 Å². The van der Waals surface area contributed by atoms with Crippen LogP contribution in [0.25, 0.3) is 0 Å². The zero-order chi connectivity index (χ0) is 16.8. The van der Waals surface area contributed by atoms with Gasteiger partial charge in [-0.25, -0.2) is 4.79 Å². The van der Waals surface area contributed by atoms with Crippen LogP contribution in [0.5, 0.6) is 0 Å². The highest BCUT2D eigenvalue weighted by Gasteiger charge is 2.23. The molecule has 3 amide bonds. The highest BCUT2D eigenvalue weighted by molar-refractivity contribution is 5.79. The number of amides is 3. The minimum atomic E-state index is -0.613. The lowest BCUT2D eigenvalue weighted by atomic mass is 9.87. The minimum absolute atomic E-state index is 0.0356. The molecular weight excluding hydrogens is 290 g/mol.